The van der Waals surface area contributed by atoms with Gasteiger partial charge in [-0.2, -0.15) is 0 Å². The van der Waals surface area contributed by atoms with E-state index in [1.165, 1.54) is 0 Å². The lowest BCUT2D eigenvalue weighted by Crippen LogP contribution is -2.35. The van der Waals surface area contributed by atoms with Crippen LogP contribution < -0.4 is 5.73 Å². The Bertz CT molecular complexity index is 313. The molecule has 1 aliphatic carbocycles. The summed E-state index contributed by atoms with van der Waals surface area (Å²) in [4.78, 5) is 0. The Hall–Kier alpha value is -0.130. The van der Waals surface area contributed by atoms with Gasteiger partial charge in [-0.1, -0.05) is 0 Å². The van der Waals surface area contributed by atoms with E-state index in [2.05, 4.69) is 0 Å². The first-order valence-corrected chi connectivity index (χ1v) is 5.85. The van der Waals surface area contributed by atoms with Crippen LogP contribution in [0.5, 0.6) is 0 Å². The normalized spacial score (nSPS) is 49.8. The molecule has 70 valence electrons. The van der Waals surface area contributed by atoms with Gasteiger partial charge in [-0.25, -0.2) is 8.42 Å². The van der Waals surface area contributed by atoms with Crippen molar-refractivity contribution >= 4 is 9.84 Å². The maximum Gasteiger partial charge on any atom is 0.150 e. The zero-order valence-corrected chi connectivity index (χ0v) is 7.60. The minimum atomic E-state index is -2.86. The smallest absolute Gasteiger partial charge is 0.150 e. The molecule has 2 rings (SSSR count). The maximum absolute atomic E-state index is 11.2. The number of hydrogen-bond donors (Lipinski definition) is 2. The zero-order chi connectivity index (χ0) is 9.04. The largest absolute Gasteiger partial charge is 0.394 e. The first-order valence-electron chi connectivity index (χ1n) is 4.03. The van der Waals surface area contributed by atoms with Crippen LogP contribution in [0.1, 0.15) is 12.8 Å². The number of hydrogen-bond acceptors (Lipinski definition) is 4. The summed E-state index contributed by atoms with van der Waals surface area (Å²) in [5.41, 5.74) is 4.91. The average molecular weight is 191 g/mol. The maximum atomic E-state index is 11.2. The summed E-state index contributed by atoms with van der Waals surface area (Å²) in [7, 11) is -2.86. The van der Waals surface area contributed by atoms with Gasteiger partial charge in [-0.3, -0.25) is 0 Å². The fourth-order valence-electron chi connectivity index (χ4n) is 2.23. The van der Waals surface area contributed by atoms with E-state index < -0.39 is 15.4 Å². The molecular weight excluding hydrogens is 178 g/mol. The first kappa shape index (κ1) is 8.47. The molecule has 0 amide bonds. The van der Waals surface area contributed by atoms with Gasteiger partial charge in [0.1, 0.15) is 0 Å². The molecule has 0 bridgehead atoms. The second-order valence-electron chi connectivity index (χ2n) is 4.11. The van der Waals surface area contributed by atoms with Gasteiger partial charge in [0.25, 0.3) is 0 Å². The number of aliphatic hydroxyl groups is 1. The quantitative estimate of drug-likeness (QED) is 0.550. The molecule has 0 radical (unpaired) electrons. The Morgan fingerprint density at radius 1 is 1.50 bits per heavy atom. The zero-order valence-electron chi connectivity index (χ0n) is 6.78. The fraction of sp³-hybridized carbons (Fsp3) is 1.00. The molecule has 1 saturated heterocycles. The van der Waals surface area contributed by atoms with E-state index >= 15 is 0 Å². The third-order valence-corrected chi connectivity index (χ3v) is 5.07. The van der Waals surface area contributed by atoms with Gasteiger partial charge in [0, 0.05) is 11.0 Å². The standard InChI is InChI=1S/C7H13NO3S/c8-7(4-9)3-6(7)1-2-12(10,11)5-6/h9H,1-5,8H2. The topological polar surface area (TPSA) is 80.4 Å². The predicted octanol–water partition coefficient (Wildman–Crippen LogP) is -1.12. The Kier molecular flexibility index (Phi) is 1.43. The summed E-state index contributed by atoms with van der Waals surface area (Å²) >= 11 is 0. The number of aliphatic hydroxyl groups excluding tert-OH is 1. The Morgan fingerprint density at radius 2 is 2.17 bits per heavy atom. The Morgan fingerprint density at radius 3 is 2.50 bits per heavy atom. The van der Waals surface area contributed by atoms with Crippen LogP contribution in [0.25, 0.3) is 0 Å². The lowest BCUT2D eigenvalue weighted by Gasteiger charge is -2.12. The van der Waals surface area contributed by atoms with Crippen LogP contribution in [0.2, 0.25) is 0 Å². The monoisotopic (exact) mass is 191 g/mol. The molecule has 0 aromatic rings. The van der Waals surface area contributed by atoms with Crippen LogP contribution >= 0.6 is 0 Å². The van der Waals surface area contributed by atoms with Crippen LogP contribution in [-0.4, -0.2) is 37.2 Å². The molecule has 0 aromatic carbocycles. The predicted molar refractivity (Wildman–Crippen MR) is 44.3 cm³/mol. The number of nitrogens with two attached hydrogens (primary N) is 1. The number of sulfone groups is 1. The Balaban J connectivity index is 2.21. The van der Waals surface area contributed by atoms with E-state index in [1.807, 2.05) is 0 Å². The summed E-state index contributed by atoms with van der Waals surface area (Å²) in [6, 6.07) is 0. The van der Waals surface area contributed by atoms with Gasteiger partial charge in [0.2, 0.25) is 0 Å². The fourth-order valence-corrected chi connectivity index (χ4v) is 4.45. The van der Waals surface area contributed by atoms with Crippen molar-refractivity contribution in [3.8, 4) is 0 Å². The molecule has 12 heavy (non-hydrogen) atoms. The molecule has 2 unspecified atom stereocenters. The van der Waals surface area contributed by atoms with Gasteiger partial charge >= 0.3 is 0 Å². The molecule has 4 nitrogen and oxygen atoms in total. The SMILES string of the molecule is NC1(CO)CC12CCS(=O)(=O)C2. The first-order chi connectivity index (χ1) is 5.43. The van der Waals surface area contributed by atoms with Crippen molar-refractivity contribution in [2.24, 2.45) is 11.1 Å². The highest BCUT2D eigenvalue weighted by Gasteiger charge is 2.68. The molecule has 1 saturated carbocycles. The second-order valence-corrected chi connectivity index (χ2v) is 6.30. The Labute approximate surface area is 71.7 Å². The van der Waals surface area contributed by atoms with Crippen molar-refractivity contribution in [2.75, 3.05) is 18.1 Å². The summed E-state index contributed by atoms with van der Waals surface area (Å²) < 4.78 is 22.3. The summed E-state index contributed by atoms with van der Waals surface area (Å²) in [5, 5.41) is 8.94. The third kappa shape index (κ3) is 0.932. The molecule has 5 heteroatoms. The van der Waals surface area contributed by atoms with E-state index in [9.17, 15) is 8.42 Å². The minimum absolute atomic E-state index is 0.0947. The van der Waals surface area contributed by atoms with E-state index in [4.69, 9.17) is 10.8 Å². The van der Waals surface area contributed by atoms with Gasteiger partial charge < -0.3 is 10.8 Å². The number of rotatable bonds is 1. The molecular formula is C7H13NO3S. The average Bonchev–Trinajstić information content (AvgIpc) is 2.39. The minimum Gasteiger partial charge on any atom is -0.394 e. The highest BCUT2D eigenvalue weighted by atomic mass is 32.2. The van der Waals surface area contributed by atoms with Crippen LogP contribution in [0, 0.1) is 5.41 Å². The van der Waals surface area contributed by atoms with Crippen LogP contribution in [0.15, 0.2) is 0 Å². The highest BCUT2D eigenvalue weighted by molar-refractivity contribution is 7.91. The molecule has 0 aromatic heterocycles. The summed E-state index contributed by atoms with van der Waals surface area (Å²) in [6.45, 7) is -0.0947. The molecule has 1 heterocycles. The summed E-state index contributed by atoms with van der Waals surface area (Å²) in [6.07, 6.45) is 1.29. The lowest BCUT2D eigenvalue weighted by molar-refractivity contribution is 0.230. The van der Waals surface area contributed by atoms with Crippen molar-refractivity contribution in [3.63, 3.8) is 0 Å². The van der Waals surface area contributed by atoms with E-state index in [0.29, 0.717) is 12.8 Å². The van der Waals surface area contributed by atoms with Gasteiger partial charge in [-0.05, 0) is 12.8 Å². The van der Waals surface area contributed by atoms with Crippen molar-refractivity contribution in [3.05, 3.63) is 0 Å². The molecule has 1 aliphatic heterocycles. The molecule has 1 spiro atoms. The van der Waals surface area contributed by atoms with Crippen molar-refractivity contribution in [2.45, 2.75) is 18.4 Å². The van der Waals surface area contributed by atoms with Crippen molar-refractivity contribution in [1.82, 2.24) is 0 Å². The molecule has 2 fully saturated rings. The van der Waals surface area contributed by atoms with Crippen LogP contribution in [0.4, 0.5) is 0 Å². The molecule has 3 N–H and O–H groups in total. The highest BCUT2D eigenvalue weighted by Crippen LogP contribution is 2.60. The van der Waals surface area contributed by atoms with E-state index in [1.54, 1.807) is 0 Å². The van der Waals surface area contributed by atoms with Crippen LogP contribution in [-0.2, 0) is 9.84 Å². The summed E-state index contributed by atoms with van der Waals surface area (Å²) in [5.74, 6) is 0.420. The third-order valence-electron chi connectivity index (χ3n) is 3.25. The van der Waals surface area contributed by atoms with Crippen molar-refractivity contribution < 1.29 is 13.5 Å². The second kappa shape index (κ2) is 2.02. The van der Waals surface area contributed by atoms with Crippen molar-refractivity contribution in [1.29, 1.82) is 0 Å². The molecule has 2 aliphatic rings. The van der Waals surface area contributed by atoms with E-state index in [-0.39, 0.29) is 23.5 Å². The van der Waals surface area contributed by atoms with Crippen LogP contribution in [0.3, 0.4) is 0 Å². The van der Waals surface area contributed by atoms with Gasteiger partial charge in [0.05, 0.1) is 18.1 Å². The lowest BCUT2D eigenvalue weighted by atomic mass is 10.0. The molecule has 2 atom stereocenters. The van der Waals surface area contributed by atoms with Gasteiger partial charge in [-0.15, -0.1) is 0 Å². The van der Waals surface area contributed by atoms with Gasteiger partial charge in [0.15, 0.2) is 9.84 Å². The van der Waals surface area contributed by atoms with E-state index in [0.717, 1.165) is 0 Å².